The van der Waals surface area contributed by atoms with Crippen LogP contribution in [0, 0.1) is 0 Å². The van der Waals surface area contributed by atoms with E-state index in [1.165, 1.54) is 12.1 Å². The van der Waals surface area contributed by atoms with E-state index in [0.717, 1.165) is 17.7 Å². The second kappa shape index (κ2) is 4.81. The smallest absolute Gasteiger partial charge is 0.262 e. The van der Waals surface area contributed by atoms with Gasteiger partial charge in [0.1, 0.15) is 5.75 Å². The molecule has 6 nitrogen and oxygen atoms in total. The Hall–Kier alpha value is -2.41. The molecule has 0 bridgehead atoms. The van der Waals surface area contributed by atoms with Crippen molar-refractivity contribution in [1.82, 2.24) is 0 Å². The molecule has 0 atom stereocenters. The highest BCUT2D eigenvalue weighted by atomic mass is 32.2. The summed E-state index contributed by atoms with van der Waals surface area (Å²) in [5.74, 6) is 1.80. The van der Waals surface area contributed by atoms with E-state index >= 15 is 0 Å². The van der Waals surface area contributed by atoms with Crippen LogP contribution in [-0.4, -0.2) is 21.8 Å². The van der Waals surface area contributed by atoms with Gasteiger partial charge in [-0.05, 0) is 35.9 Å². The first kappa shape index (κ1) is 13.3. The quantitative estimate of drug-likeness (QED) is 0.938. The van der Waals surface area contributed by atoms with Gasteiger partial charge in [-0.25, -0.2) is 8.42 Å². The van der Waals surface area contributed by atoms with Crippen LogP contribution in [0.1, 0.15) is 5.56 Å². The van der Waals surface area contributed by atoms with Gasteiger partial charge in [-0.2, -0.15) is 0 Å². The molecule has 0 aromatic heterocycles. The Morgan fingerprint density at radius 3 is 2.64 bits per heavy atom. The summed E-state index contributed by atoms with van der Waals surface area (Å²) >= 11 is 0. The average Bonchev–Trinajstić information content (AvgIpc) is 3.14. The molecular weight excluding hydrogens is 306 g/mol. The third-order valence-corrected chi connectivity index (χ3v) is 4.97. The summed E-state index contributed by atoms with van der Waals surface area (Å²) in [5.41, 5.74) is 1.52. The Labute approximate surface area is 127 Å². The second-order valence-corrected chi connectivity index (χ2v) is 6.72. The van der Waals surface area contributed by atoms with E-state index in [9.17, 15) is 8.42 Å². The predicted octanol–water partition coefficient (Wildman–Crippen LogP) is 2.15. The van der Waals surface area contributed by atoms with Crippen molar-refractivity contribution in [3.63, 3.8) is 0 Å². The zero-order chi connectivity index (χ0) is 15.2. The Kier molecular flexibility index (Phi) is 2.90. The molecule has 2 aromatic rings. The van der Waals surface area contributed by atoms with Crippen molar-refractivity contribution >= 4 is 15.7 Å². The Morgan fingerprint density at radius 1 is 0.909 bits per heavy atom. The Morgan fingerprint density at radius 2 is 1.73 bits per heavy atom. The van der Waals surface area contributed by atoms with Crippen molar-refractivity contribution in [2.24, 2.45) is 0 Å². The van der Waals surface area contributed by atoms with E-state index in [-0.39, 0.29) is 11.7 Å². The molecule has 22 heavy (non-hydrogen) atoms. The van der Waals surface area contributed by atoms with E-state index in [2.05, 4.69) is 4.72 Å². The summed E-state index contributed by atoms with van der Waals surface area (Å²) in [4.78, 5) is 0.133. The molecule has 2 aliphatic rings. The minimum Gasteiger partial charge on any atom is -0.493 e. The lowest BCUT2D eigenvalue weighted by atomic mass is 10.1. The summed E-state index contributed by atoms with van der Waals surface area (Å²) < 4.78 is 43.3. The van der Waals surface area contributed by atoms with Crippen molar-refractivity contribution < 1.29 is 22.6 Å². The summed E-state index contributed by atoms with van der Waals surface area (Å²) in [6, 6.07) is 9.81. The van der Waals surface area contributed by atoms with E-state index in [1.54, 1.807) is 24.3 Å². The fraction of sp³-hybridized carbons (Fsp3) is 0.200. The first-order valence-corrected chi connectivity index (χ1v) is 8.28. The molecule has 1 N–H and O–H groups in total. The van der Waals surface area contributed by atoms with Crippen LogP contribution in [0.25, 0.3) is 0 Å². The zero-order valence-electron chi connectivity index (χ0n) is 11.5. The molecule has 7 heteroatoms. The number of hydrogen-bond acceptors (Lipinski definition) is 5. The normalized spacial score (nSPS) is 15.3. The van der Waals surface area contributed by atoms with E-state index < -0.39 is 10.0 Å². The summed E-state index contributed by atoms with van der Waals surface area (Å²) in [7, 11) is -3.68. The lowest BCUT2D eigenvalue weighted by Gasteiger charge is -2.09. The molecular formula is C15H13NO5S. The minimum absolute atomic E-state index is 0.108. The molecule has 0 unspecified atom stereocenters. The first-order chi connectivity index (χ1) is 10.6. The van der Waals surface area contributed by atoms with Crippen LogP contribution in [0.5, 0.6) is 17.2 Å². The van der Waals surface area contributed by atoms with Gasteiger partial charge in [0.2, 0.25) is 6.79 Å². The van der Waals surface area contributed by atoms with Crippen LogP contribution >= 0.6 is 0 Å². The molecule has 114 valence electrons. The molecule has 0 amide bonds. The third-order valence-electron chi connectivity index (χ3n) is 3.60. The molecule has 2 aromatic carbocycles. The molecule has 4 rings (SSSR count). The number of hydrogen-bond donors (Lipinski definition) is 1. The number of fused-ring (bicyclic) bond motifs is 2. The van der Waals surface area contributed by atoms with Crippen LogP contribution in [0.15, 0.2) is 41.3 Å². The number of benzene rings is 2. The minimum atomic E-state index is -3.68. The third kappa shape index (κ3) is 2.23. The summed E-state index contributed by atoms with van der Waals surface area (Å²) in [6.07, 6.45) is 0.787. The molecule has 0 spiro atoms. The lowest BCUT2D eigenvalue weighted by molar-refractivity contribution is 0.174. The average molecular weight is 319 g/mol. The number of ether oxygens (including phenoxy) is 3. The highest BCUT2D eigenvalue weighted by Gasteiger charge is 2.21. The SMILES string of the molecule is O=S(=O)(Nc1ccc2c(c1)CCO2)c1ccc2c(c1)OCO2. The van der Waals surface area contributed by atoms with Gasteiger partial charge >= 0.3 is 0 Å². The number of rotatable bonds is 3. The molecule has 2 heterocycles. The highest BCUT2D eigenvalue weighted by molar-refractivity contribution is 7.92. The van der Waals surface area contributed by atoms with Crippen LogP contribution in [-0.2, 0) is 16.4 Å². The standard InChI is InChI=1S/C15H13NO5S/c17-22(18,12-2-4-14-15(8-12)21-9-20-14)16-11-1-3-13-10(7-11)5-6-19-13/h1-4,7-8,16H,5-6,9H2. The second-order valence-electron chi connectivity index (χ2n) is 5.04. The number of sulfonamides is 1. The predicted molar refractivity (Wildman–Crippen MR) is 79.0 cm³/mol. The molecule has 2 aliphatic heterocycles. The van der Waals surface area contributed by atoms with Crippen molar-refractivity contribution in [2.45, 2.75) is 11.3 Å². The maximum Gasteiger partial charge on any atom is 0.262 e. The monoisotopic (exact) mass is 319 g/mol. The van der Waals surface area contributed by atoms with Crippen LogP contribution in [0.3, 0.4) is 0 Å². The van der Waals surface area contributed by atoms with Crippen molar-refractivity contribution in [3.8, 4) is 17.2 Å². The molecule has 0 saturated carbocycles. The van der Waals surface area contributed by atoms with Gasteiger partial charge in [-0.15, -0.1) is 0 Å². The van der Waals surface area contributed by atoms with Crippen molar-refractivity contribution in [3.05, 3.63) is 42.0 Å². The Balaban J connectivity index is 1.64. The van der Waals surface area contributed by atoms with Gasteiger partial charge in [0, 0.05) is 18.2 Å². The van der Waals surface area contributed by atoms with Gasteiger partial charge in [-0.3, -0.25) is 4.72 Å². The largest absolute Gasteiger partial charge is 0.493 e. The van der Waals surface area contributed by atoms with Gasteiger partial charge in [0.25, 0.3) is 10.0 Å². The first-order valence-electron chi connectivity index (χ1n) is 6.80. The highest BCUT2D eigenvalue weighted by Crippen LogP contribution is 2.34. The maximum atomic E-state index is 12.5. The summed E-state index contributed by atoms with van der Waals surface area (Å²) in [5, 5.41) is 0. The van der Waals surface area contributed by atoms with Gasteiger partial charge in [-0.1, -0.05) is 0 Å². The number of anilines is 1. The summed E-state index contributed by atoms with van der Waals surface area (Å²) in [6.45, 7) is 0.741. The van der Waals surface area contributed by atoms with E-state index in [1.807, 2.05) is 0 Å². The van der Waals surface area contributed by atoms with E-state index in [0.29, 0.717) is 23.8 Å². The van der Waals surface area contributed by atoms with Crippen LogP contribution < -0.4 is 18.9 Å². The van der Waals surface area contributed by atoms with Crippen LogP contribution in [0.4, 0.5) is 5.69 Å². The van der Waals surface area contributed by atoms with Crippen LogP contribution in [0.2, 0.25) is 0 Å². The topological polar surface area (TPSA) is 73.9 Å². The Bertz CT molecular complexity index is 847. The number of nitrogens with one attached hydrogen (secondary N) is 1. The molecule has 0 radical (unpaired) electrons. The van der Waals surface area contributed by atoms with Gasteiger partial charge < -0.3 is 14.2 Å². The lowest BCUT2D eigenvalue weighted by Crippen LogP contribution is -2.13. The van der Waals surface area contributed by atoms with Crippen molar-refractivity contribution in [1.29, 1.82) is 0 Å². The fourth-order valence-corrected chi connectivity index (χ4v) is 3.57. The van der Waals surface area contributed by atoms with Gasteiger partial charge in [0.05, 0.1) is 11.5 Å². The van der Waals surface area contributed by atoms with E-state index in [4.69, 9.17) is 14.2 Å². The molecule has 0 saturated heterocycles. The van der Waals surface area contributed by atoms with Crippen molar-refractivity contribution in [2.75, 3.05) is 18.1 Å². The molecule has 0 aliphatic carbocycles. The fourth-order valence-electron chi connectivity index (χ4n) is 2.51. The zero-order valence-corrected chi connectivity index (χ0v) is 12.4. The van der Waals surface area contributed by atoms with Gasteiger partial charge in [0.15, 0.2) is 11.5 Å². The maximum absolute atomic E-state index is 12.5. The molecule has 0 fully saturated rings.